The van der Waals surface area contributed by atoms with Crippen LogP contribution in [0, 0.1) is 11.7 Å². The monoisotopic (exact) mass is 434 g/mol. The molecule has 1 atom stereocenters. The number of ketones is 2. The number of carbonyl (C=O) groups is 2. The van der Waals surface area contributed by atoms with Gasteiger partial charge in [-0.1, -0.05) is 72.8 Å². The van der Waals surface area contributed by atoms with Gasteiger partial charge in [-0.15, -0.1) is 0 Å². The van der Waals surface area contributed by atoms with Gasteiger partial charge in [-0.25, -0.2) is 14.2 Å². The third kappa shape index (κ3) is 6.42. The molecule has 3 aromatic rings. The molecule has 0 saturated heterocycles. The van der Waals surface area contributed by atoms with E-state index in [9.17, 15) is 14.0 Å². The van der Waals surface area contributed by atoms with Crippen molar-refractivity contribution in [3.8, 4) is 0 Å². The summed E-state index contributed by atoms with van der Waals surface area (Å²) in [4.78, 5) is 38.0. The second-order valence-corrected chi connectivity index (χ2v) is 8.58. The molecule has 0 heterocycles. The van der Waals surface area contributed by atoms with Crippen LogP contribution in [0.25, 0.3) is 0 Å². The highest BCUT2D eigenvalue weighted by Crippen LogP contribution is 2.31. The third-order valence-corrected chi connectivity index (χ3v) is 4.86. The van der Waals surface area contributed by atoms with Crippen LogP contribution in [0.2, 0.25) is 0 Å². The van der Waals surface area contributed by atoms with Gasteiger partial charge in [-0.05, 0) is 44.9 Å². The smallest absolute Gasteiger partial charge is 0.173 e. The molecule has 0 saturated carbocycles. The summed E-state index contributed by atoms with van der Waals surface area (Å²) in [6.07, 6.45) is -0.705. The van der Waals surface area contributed by atoms with E-state index in [-0.39, 0.29) is 23.8 Å². The Morgan fingerprint density at radius 1 is 0.781 bits per heavy atom. The van der Waals surface area contributed by atoms with Gasteiger partial charge in [0.2, 0.25) is 0 Å². The number of Topliss-reactive ketones (excluding diaryl/α,β-unsaturated/α-hetero) is 2. The fraction of sp³-hybridized carbons (Fsp3) is 0.259. The van der Waals surface area contributed by atoms with Crippen LogP contribution < -0.4 is 0 Å². The maximum absolute atomic E-state index is 13.5. The van der Waals surface area contributed by atoms with Gasteiger partial charge < -0.3 is 0 Å². The van der Waals surface area contributed by atoms with Crippen LogP contribution >= 0.6 is 0 Å². The number of halogens is 1. The average Bonchev–Trinajstić information content (AvgIpc) is 2.80. The Balaban J connectivity index is 1.97. The van der Waals surface area contributed by atoms with E-state index in [1.807, 2.05) is 32.9 Å². The summed E-state index contributed by atoms with van der Waals surface area (Å²) in [6, 6.07) is 23.2. The number of hydrogen-bond donors (Lipinski definition) is 0. The van der Waals surface area contributed by atoms with Crippen LogP contribution in [0.4, 0.5) is 4.39 Å². The van der Waals surface area contributed by atoms with Crippen molar-refractivity contribution in [3.05, 3.63) is 107 Å². The van der Waals surface area contributed by atoms with Crippen molar-refractivity contribution in [3.63, 3.8) is 0 Å². The molecule has 0 spiro atoms. The van der Waals surface area contributed by atoms with Crippen molar-refractivity contribution in [2.45, 2.75) is 38.9 Å². The molecule has 0 amide bonds. The first-order chi connectivity index (χ1) is 15.2. The van der Waals surface area contributed by atoms with Crippen LogP contribution in [0.15, 0.2) is 84.9 Å². The van der Waals surface area contributed by atoms with E-state index in [1.165, 1.54) is 12.1 Å². The van der Waals surface area contributed by atoms with Gasteiger partial charge in [0.15, 0.2) is 11.6 Å². The van der Waals surface area contributed by atoms with E-state index in [0.717, 1.165) is 0 Å². The molecule has 0 radical (unpaired) electrons. The van der Waals surface area contributed by atoms with E-state index >= 15 is 0 Å². The number of carbonyl (C=O) groups excluding carboxylic acids is 2. The molecule has 4 nitrogen and oxygen atoms in total. The van der Waals surface area contributed by atoms with Gasteiger partial charge in [0.05, 0.1) is 11.5 Å². The first kappa shape index (κ1) is 23.5. The Hall–Kier alpha value is -3.15. The van der Waals surface area contributed by atoms with Crippen molar-refractivity contribution in [1.29, 1.82) is 0 Å². The van der Waals surface area contributed by atoms with Gasteiger partial charge in [-0.3, -0.25) is 9.59 Å². The molecule has 0 N–H and O–H groups in total. The first-order valence-corrected chi connectivity index (χ1v) is 10.5. The second kappa shape index (κ2) is 10.4. The van der Waals surface area contributed by atoms with Crippen molar-refractivity contribution in [1.82, 2.24) is 0 Å². The van der Waals surface area contributed by atoms with E-state index in [0.29, 0.717) is 16.7 Å². The summed E-state index contributed by atoms with van der Waals surface area (Å²) >= 11 is 0. The lowest BCUT2D eigenvalue weighted by molar-refractivity contribution is -0.377. The summed E-state index contributed by atoms with van der Waals surface area (Å²) in [5, 5.41) is 0. The molecular formula is C27H27FO4. The Kier molecular flexibility index (Phi) is 7.67. The number of rotatable bonds is 9. The Morgan fingerprint density at radius 2 is 1.25 bits per heavy atom. The Labute approximate surface area is 187 Å². The largest absolute Gasteiger partial charge is 0.293 e. The fourth-order valence-corrected chi connectivity index (χ4v) is 3.27. The Morgan fingerprint density at radius 3 is 1.69 bits per heavy atom. The molecule has 0 aliphatic rings. The number of hydrogen-bond acceptors (Lipinski definition) is 4. The van der Waals surface area contributed by atoms with Gasteiger partial charge in [0.1, 0.15) is 11.9 Å². The lowest BCUT2D eigenvalue weighted by Gasteiger charge is -2.26. The standard InChI is InChI=1S/C27H27FO4/c1-27(2,3)32-31-24(19-14-16-22(28)17-15-19)18-23(25(29)20-10-6-4-7-11-20)26(30)21-12-8-5-9-13-21/h4-17,23-24H,18H2,1-3H3. The molecule has 0 aliphatic heterocycles. The molecule has 1 unspecified atom stereocenters. The third-order valence-electron chi connectivity index (χ3n) is 4.86. The molecule has 0 fully saturated rings. The number of benzene rings is 3. The summed E-state index contributed by atoms with van der Waals surface area (Å²) < 4.78 is 13.5. The second-order valence-electron chi connectivity index (χ2n) is 8.58. The Bertz CT molecular complexity index is 973. The average molecular weight is 435 g/mol. The lowest BCUT2D eigenvalue weighted by atomic mass is 9.84. The van der Waals surface area contributed by atoms with Crippen LogP contribution in [0.3, 0.4) is 0 Å². The summed E-state index contributed by atoms with van der Waals surface area (Å²) in [5.74, 6) is -1.99. The SMILES string of the molecule is CC(C)(C)OOC(CC(C(=O)c1ccccc1)C(=O)c1ccccc1)c1ccc(F)cc1. The minimum absolute atomic E-state index is 0.0448. The molecule has 166 valence electrons. The summed E-state index contributed by atoms with van der Waals surface area (Å²) in [5.41, 5.74) is 0.885. The topological polar surface area (TPSA) is 52.6 Å². The molecule has 0 bridgehead atoms. The zero-order chi connectivity index (χ0) is 23.1. The lowest BCUT2D eigenvalue weighted by Crippen LogP contribution is -2.29. The van der Waals surface area contributed by atoms with Gasteiger partial charge in [0.25, 0.3) is 0 Å². The zero-order valence-corrected chi connectivity index (χ0v) is 18.5. The molecular weight excluding hydrogens is 407 g/mol. The van der Waals surface area contributed by atoms with Crippen LogP contribution in [-0.2, 0) is 9.78 Å². The van der Waals surface area contributed by atoms with Crippen molar-refractivity contribution in [2.24, 2.45) is 5.92 Å². The molecule has 32 heavy (non-hydrogen) atoms. The minimum Gasteiger partial charge on any atom is -0.293 e. The summed E-state index contributed by atoms with van der Waals surface area (Å²) in [7, 11) is 0. The fourth-order valence-electron chi connectivity index (χ4n) is 3.27. The van der Waals surface area contributed by atoms with Crippen molar-refractivity contribution < 1.29 is 23.8 Å². The maximum Gasteiger partial charge on any atom is 0.173 e. The minimum atomic E-state index is -1.00. The van der Waals surface area contributed by atoms with E-state index in [2.05, 4.69) is 0 Å². The van der Waals surface area contributed by atoms with Crippen molar-refractivity contribution in [2.75, 3.05) is 0 Å². The zero-order valence-electron chi connectivity index (χ0n) is 18.5. The quantitative estimate of drug-likeness (QED) is 0.170. The van der Waals surface area contributed by atoms with Crippen LogP contribution in [-0.4, -0.2) is 17.2 Å². The van der Waals surface area contributed by atoms with Gasteiger partial charge in [-0.2, -0.15) is 0 Å². The van der Waals surface area contributed by atoms with Crippen molar-refractivity contribution >= 4 is 11.6 Å². The van der Waals surface area contributed by atoms with Crippen LogP contribution in [0.1, 0.15) is 59.6 Å². The molecule has 3 aromatic carbocycles. The highest BCUT2D eigenvalue weighted by atomic mass is 19.1. The predicted molar refractivity (Wildman–Crippen MR) is 121 cm³/mol. The molecule has 5 heteroatoms. The summed E-state index contributed by atoms with van der Waals surface area (Å²) in [6.45, 7) is 5.49. The maximum atomic E-state index is 13.5. The normalized spacial score (nSPS) is 12.5. The molecule has 0 aliphatic carbocycles. The molecule has 3 rings (SSSR count). The van der Waals surface area contributed by atoms with Gasteiger partial charge >= 0.3 is 0 Å². The highest BCUT2D eigenvalue weighted by Gasteiger charge is 2.33. The molecule has 0 aromatic heterocycles. The highest BCUT2D eigenvalue weighted by molar-refractivity contribution is 6.16. The first-order valence-electron chi connectivity index (χ1n) is 10.5. The van der Waals surface area contributed by atoms with E-state index in [1.54, 1.807) is 60.7 Å². The predicted octanol–water partition coefficient (Wildman–Crippen LogP) is 6.39. The van der Waals surface area contributed by atoms with Crippen LogP contribution in [0.5, 0.6) is 0 Å². The van der Waals surface area contributed by atoms with E-state index in [4.69, 9.17) is 9.78 Å². The van der Waals surface area contributed by atoms with E-state index < -0.39 is 17.6 Å². The van der Waals surface area contributed by atoms with Gasteiger partial charge in [0, 0.05) is 11.1 Å².